The van der Waals surface area contributed by atoms with Gasteiger partial charge in [-0.05, 0) is 37.1 Å². The lowest BCUT2D eigenvalue weighted by Crippen LogP contribution is -2.55. The number of rotatable bonds is 3. The van der Waals surface area contributed by atoms with Crippen molar-refractivity contribution in [2.75, 3.05) is 13.1 Å². The van der Waals surface area contributed by atoms with Crippen molar-refractivity contribution in [3.8, 4) is 5.75 Å². The quantitative estimate of drug-likeness (QED) is 0.913. The minimum absolute atomic E-state index is 0.174. The maximum Gasteiger partial charge on any atom is 0.115 e. The van der Waals surface area contributed by atoms with Crippen LogP contribution in [0.5, 0.6) is 5.75 Å². The van der Waals surface area contributed by atoms with Crippen molar-refractivity contribution in [3.63, 3.8) is 0 Å². The Labute approximate surface area is 132 Å². The molecule has 0 saturated carbocycles. The molecule has 0 radical (unpaired) electrons. The van der Waals surface area contributed by atoms with Crippen molar-refractivity contribution in [2.24, 2.45) is 0 Å². The first-order valence-corrected chi connectivity index (χ1v) is 7.98. The SMILES string of the molecule is CC1CN(C(c2ccccc2)c2cccc(O)c2)C(C)CN1. The third-order valence-electron chi connectivity index (χ3n) is 4.45. The zero-order chi connectivity index (χ0) is 15.5. The molecule has 0 bridgehead atoms. The summed E-state index contributed by atoms with van der Waals surface area (Å²) >= 11 is 0. The van der Waals surface area contributed by atoms with Crippen LogP contribution in [0.3, 0.4) is 0 Å². The number of aromatic hydroxyl groups is 1. The van der Waals surface area contributed by atoms with Gasteiger partial charge in [-0.3, -0.25) is 4.90 Å². The molecule has 116 valence electrons. The molecule has 22 heavy (non-hydrogen) atoms. The van der Waals surface area contributed by atoms with Gasteiger partial charge >= 0.3 is 0 Å². The lowest BCUT2D eigenvalue weighted by atomic mass is 9.94. The van der Waals surface area contributed by atoms with Crippen molar-refractivity contribution in [1.82, 2.24) is 10.2 Å². The lowest BCUT2D eigenvalue weighted by molar-refractivity contribution is 0.113. The molecule has 1 saturated heterocycles. The number of hydrogen-bond donors (Lipinski definition) is 2. The van der Waals surface area contributed by atoms with Gasteiger partial charge in [0.05, 0.1) is 6.04 Å². The number of piperazine rings is 1. The van der Waals surface area contributed by atoms with Gasteiger partial charge in [0, 0.05) is 25.2 Å². The van der Waals surface area contributed by atoms with E-state index >= 15 is 0 Å². The Morgan fingerprint density at radius 1 is 1.05 bits per heavy atom. The van der Waals surface area contributed by atoms with Crippen LogP contribution >= 0.6 is 0 Å². The van der Waals surface area contributed by atoms with Crippen LogP contribution in [0.1, 0.15) is 31.0 Å². The molecule has 1 aliphatic rings. The third kappa shape index (κ3) is 3.16. The normalized spacial score (nSPS) is 24.1. The fourth-order valence-electron chi connectivity index (χ4n) is 3.32. The molecule has 3 nitrogen and oxygen atoms in total. The largest absolute Gasteiger partial charge is 0.508 e. The maximum atomic E-state index is 9.89. The van der Waals surface area contributed by atoms with Gasteiger partial charge in [-0.2, -0.15) is 0 Å². The molecule has 0 aromatic heterocycles. The van der Waals surface area contributed by atoms with Crippen molar-refractivity contribution >= 4 is 0 Å². The van der Waals surface area contributed by atoms with Crippen molar-refractivity contribution < 1.29 is 5.11 Å². The van der Waals surface area contributed by atoms with E-state index in [-0.39, 0.29) is 6.04 Å². The molecule has 3 rings (SSSR count). The van der Waals surface area contributed by atoms with Gasteiger partial charge in [0.2, 0.25) is 0 Å². The smallest absolute Gasteiger partial charge is 0.115 e. The summed E-state index contributed by atoms with van der Waals surface area (Å²) in [6.07, 6.45) is 0. The second kappa shape index (κ2) is 6.51. The Balaban J connectivity index is 2.03. The van der Waals surface area contributed by atoms with E-state index in [1.165, 1.54) is 5.56 Å². The molecule has 3 unspecified atom stereocenters. The number of phenols is 1. The molecular formula is C19H24N2O. The van der Waals surface area contributed by atoms with Crippen molar-refractivity contribution in [1.29, 1.82) is 0 Å². The highest BCUT2D eigenvalue weighted by Crippen LogP contribution is 2.32. The number of hydrogen-bond acceptors (Lipinski definition) is 3. The Bertz CT molecular complexity index is 614. The molecule has 0 aliphatic carbocycles. The van der Waals surface area contributed by atoms with E-state index in [0.29, 0.717) is 17.8 Å². The fraction of sp³-hybridized carbons (Fsp3) is 0.368. The zero-order valence-corrected chi connectivity index (χ0v) is 13.2. The highest BCUT2D eigenvalue weighted by molar-refractivity contribution is 5.36. The van der Waals surface area contributed by atoms with Crippen LogP contribution < -0.4 is 5.32 Å². The molecule has 3 heteroatoms. The molecule has 1 fully saturated rings. The van der Waals surface area contributed by atoms with Gasteiger partial charge in [0.15, 0.2) is 0 Å². The molecule has 2 aromatic carbocycles. The standard InChI is InChI=1S/C19H24N2O/c1-14-13-21(15(2)12-20-14)19(16-7-4-3-5-8-16)17-9-6-10-18(22)11-17/h3-11,14-15,19-20,22H,12-13H2,1-2H3. The van der Waals surface area contributed by atoms with Crippen LogP contribution in [0, 0.1) is 0 Å². The van der Waals surface area contributed by atoms with Crippen LogP contribution in [0.25, 0.3) is 0 Å². The van der Waals surface area contributed by atoms with E-state index in [4.69, 9.17) is 0 Å². The Morgan fingerprint density at radius 3 is 2.50 bits per heavy atom. The molecule has 1 aliphatic heterocycles. The Morgan fingerprint density at radius 2 is 1.77 bits per heavy atom. The highest BCUT2D eigenvalue weighted by atomic mass is 16.3. The van der Waals surface area contributed by atoms with Crippen LogP contribution in [0.2, 0.25) is 0 Å². The molecule has 2 N–H and O–H groups in total. The van der Waals surface area contributed by atoms with Crippen molar-refractivity contribution in [3.05, 3.63) is 65.7 Å². The minimum Gasteiger partial charge on any atom is -0.508 e. The number of phenolic OH excluding ortho intramolecular Hbond substituents is 1. The van der Waals surface area contributed by atoms with E-state index in [2.05, 4.69) is 54.4 Å². The average Bonchev–Trinajstić information content (AvgIpc) is 2.52. The van der Waals surface area contributed by atoms with Gasteiger partial charge in [-0.1, -0.05) is 42.5 Å². The molecule has 2 aromatic rings. The molecular weight excluding hydrogens is 272 g/mol. The van der Waals surface area contributed by atoms with Gasteiger partial charge in [-0.15, -0.1) is 0 Å². The van der Waals surface area contributed by atoms with E-state index in [9.17, 15) is 5.11 Å². The summed E-state index contributed by atoms with van der Waals surface area (Å²) in [6.45, 7) is 6.47. The summed E-state index contributed by atoms with van der Waals surface area (Å²) < 4.78 is 0. The Kier molecular flexibility index (Phi) is 4.46. The van der Waals surface area contributed by atoms with Crippen LogP contribution in [-0.2, 0) is 0 Å². The summed E-state index contributed by atoms with van der Waals surface area (Å²) in [5.74, 6) is 0.328. The van der Waals surface area contributed by atoms with Gasteiger partial charge < -0.3 is 10.4 Å². The number of nitrogens with one attached hydrogen (secondary N) is 1. The number of benzene rings is 2. The summed E-state index contributed by atoms with van der Waals surface area (Å²) in [4.78, 5) is 2.53. The van der Waals surface area contributed by atoms with E-state index < -0.39 is 0 Å². The van der Waals surface area contributed by atoms with Gasteiger partial charge in [-0.25, -0.2) is 0 Å². The zero-order valence-electron chi connectivity index (χ0n) is 13.2. The summed E-state index contributed by atoms with van der Waals surface area (Å²) in [7, 11) is 0. The van der Waals surface area contributed by atoms with Gasteiger partial charge in [0.25, 0.3) is 0 Å². The van der Waals surface area contributed by atoms with Gasteiger partial charge in [0.1, 0.15) is 5.75 Å². The predicted octanol–water partition coefficient (Wildman–Crippen LogP) is 3.16. The molecule has 0 spiro atoms. The first kappa shape index (κ1) is 15.1. The summed E-state index contributed by atoms with van der Waals surface area (Å²) in [5.41, 5.74) is 2.42. The third-order valence-corrected chi connectivity index (χ3v) is 4.45. The first-order valence-electron chi connectivity index (χ1n) is 7.98. The fourth-order valence-corrected chi connectivity index (χ4v) is 3.32. The van der Waals surface area contributed by atoms with E-state index in [0.717, 1.165) is 18.7 Å². The minimum atomic E-state index is 0.174. The average molecular weight is 296 g/mol. The monoisotopic (exact) mass is 296 g/mol. The van der Waals surface area contributed by atoms with Crippen LogP contribution in [0.15, 0.2) is 54.6 Å². The van der Waals surface area contributed by atoms with E-state index in [1.54, 1.807) is 6.07 Å². The topological polar surface area (TPSA) is 35.5 Å². The van der Waals surface area contributed by atoms with E-state index in [1.807, 2.05) is 18.2 Å². The van der Waals surface area contributed by atoms with Crippen molar-refractivity contribution in [2.45, 2.75) is 32.0 Å². The summed E-state index contributed by atoms with van der Waals surface area (Å²) in [5, 5.41) is 13.4. The first-order chi connectivity index (χ1) is 10.6. The molecule has 0 amide bonds. The van der Waals surface area contributed by atoms with Crippen LogP contribution in [0.4, 0.5) is 0 Å². The second-order valence-electron chi connectivity index (χ2n) is 6.26. The maximum absolute atomic E-state index is 9.89. The molecule has 3 atom stereocenters. The Hall–Kier alpha value is -1.84. The van der Waals surface area contributed by atoms with Crippen LogP contribution in [-0.4, -0.2) is 35.2 Å². The highest BCUT2D eigenvalue weighted by Gasteiger charge is 2.30. The predicted molar refractivity (Wildman–Crippen MR) is 90.0 cm³/mol. The summed E-state index contributed by atoms with van der Waals surface area (Å²) in [6, 6.07) is 19.3. The number of nitrogens with zero attached hydrogens (tertiary/aromatic N) is 1. The lowest BCUT2D eigenvalue weighted by Gasteiger charge is -2.43. The molecule has 1 heterocycles. The second-order valence-corrected chi connectivity index (χ2v) is 6.26.